The summed E-state index contributed by atoms with van der Waals surface area (Å²) >= 11 is 3.97. The highest BCUT2D eigenvalue weighted by Crippen LogP contribution is 2.25. The van der Waals surface area contributed by atoms with Crippen molar-refractivity contribution in [2.45, 2.75) is 18.8 Å². The zero-order valence-corrected chi connectivity index (χ0v) is 20.0. The number of benzene rings is 2. The number of pyridine rings is 1. The molecule has 0 spiro atoms. The topological polar surface area (TPSA) is 70.2 Å². The number of H-pyrrole nitrogens is 2. The van der Waals surface area contributed by atoms with E-state index in [0.29, 0.717) is 5.92 Å². The van der Waals surface area contributed by atoms with Crippen molar-refractivity contribution in [3.8, 4) is 0 Å². The highest BCUT2D eigenvalue weighted by Gasteiger charge is 2.14. The second kappa shape index (κ2) is 10.9. The number of imidazole rings is 2. The summed E-state index contributed by atoms with van der Waals surface area (Å²) in [7, 11) is 0. The lowest BCUT2D eigenvalue weighted by atomic mass is 10.1. The van der Waals surface area contributed by atoms with Gasteiger partial charge < -0.3 is 9.97 Å². The molecule has 168 valence electrons. The summed E-state index contributed by atoms with van der Waals surface area (Å²) in [6.07, 6.45) is 3.81. The van der Waals surface area contributed by atoms with Crippen LogP contribution in [0.3, 0.4) is 0 Å². The van der Waals surface area contributed by atoms with Gasteiger partial charge >= 0.3 is 0 Å². The minimum absolute atomic E-state index is 0.438. The van der Waals surface area contributed by atoms with E-state index < -0.39 is 0 Å². The average Bonchev–Trinajstić information content (AvgIpc) is 3.47. The number of aromatic amines is 2. The summed E-state index contributed by atoms with van der Waals surface area (Å²) in [6.45, 7) is 0. The fraction of sp³-hybridized carbons (Fsp3) is 0.269. The molecular formula is C26H27N5S2. The van der Waals surface area contributed by atoms with Crippen LogP contribution in [0.4, 0.5) is 0 Å². The van der Waals surface area contributed by atoms with Gasteiger partial charge in [-0.25, -0.2) is 9.97 Å². The molecule has 5 rings (SSSR count). The van der Waals surface area contributed by atoms with E-state index in [1.807, 2.05) is 60.1 Å². The number of fused-ring (bicyclic) bond motifs is 2. The molecule has 0 aliphatic carbocycles. The molecule has 3 aromatic heterocycles. The zero-order chi connectivity index (χ0) is 22.3. The van der Waals surface area contributed by atoms with Crippen molar-refractivity contribution < 1.29 is 0 Å². The number of para-hydroxylation sites is 4. The predicted octanol–water partition coefficient (Wildman–Crippen LogP) is 5.87. The third-order valence-corrected chi connectivity index (χ3v) is 7.85. The third kappa shape index (κ3) is 5.78. The third-order valence-electron chi connectivity index (χ3n) is 5.59. The summed E-state index contributed by atoms with van der Waals surface area (Å²) in [5, 5.41) is 0. The molecule has 0 unspecified atom stereocenters. The van der Waals surface area contributed by atoms with Gasteiger partial charge in [0.15, 0.2) is 0 Å². The molecule has 0 saturated heterocycles. The summed E-state index contributed by atoms with van der Waals surface area (Å²) in [5.41, 5.74) is 5.51. The first-order chi connectivity index (χ1) is 16.3. The lowest BCUT2D eigenvalue weighted by Crippen LogP contribution is -2.09. The van der Waals surface area contributed by atoms with E-state index in [4.69, 9.17) is 9.97 Å². The summed E-state index contributed by atoms with van der Waals surface area (Å²) in [5.74, 6) is 6.80. The number of nitrogens with zero attached hydrogens (tertiary/aromatic N) is 3. The molecule has 2 aromatic carbocycles. The summed E-state index contributed by atoms with van der Waals surface area (Å²) < 4.78 is 0. The van der Waals surface area contributed by atoms with Gasteiger partial charge in [0.25, 0.3) is 0 Å². The number of aromatic nitrogens is 5. The average molecular weight is 474 g/mol. The number of hydrogen-bond acceptors (Lipinski definition) is 5. The van der Waals surface area contributed by atoms with Crippen molar-refractivity contribution >= 4 is 45.6 Å². The molecule has 0 atom stereocenters. The maximum absolute atomic E-state index is 4.70. The first-order valence-corrected chi connectivity index (χ1v) is 13.6. The van der Waals surface area contributed by atoms with Crippen LogP contribution in [-0.2, 0) is 12.8 Å². The van der Waals surface area contributed by atoms with E-state index in [1.165, 1.54) is 5.69 Å². The number of aryl methyl sites for hydroxylation is 2. The fourth-order valence-electron chi connectivity index (χ4n) is 3.87. The van der Waals surface area contributed by atoms with Crippen LogP contribution in [0.1, 0.15) is 23.3 Å². The van der Waals surface area contributed by atoms with Crippen molar-refractivity contribution in [1.29, 1.82) is 0 Å². The second-order valence-corrected chi connectivity index (χ2v) is 10.3. The maximum Gasteiger partial charge on any atom is 0.108 e. The van der Waals surface area contributed by atoms with Crippen molar-refractivity contribution in [2.75, 3.05) is 23.0 Å². The number of thioether (sulfide) groups is 2. The van der Waals surface area contributed by atoms with Crippen LogP contribution in [0.5, 0.6) is 0 Å². The van der Waals surface area contributed by atoms with Gasteiger partial charge in [0.1, 0.15) is 11.6 Å². The van der Waals surface area contributed by atoms with Gasteiger partial charge in [-0.2, -0.15) is 23.5 Å². The van der Waals surface area contributed by atoms with Gasteiger partial charge in [-0.15, -0.1) is 0 Å². The highest BCUT2D eigenvalue weighted by molar-refractivity contribution is 8.00. The van der Waals surface area contributed by atoms with E-state index >= 15 is 0 Å². The Morgan fingerprint density at radius 1 is 0.667 bits per heavy atom. The molecule has 5 aromatic rings. The Labute approximate surface area is 202 Å². The Balaban J connectivity index is 1.11. The Hall–Kier alpha value is -2.77. The number of rotatable bonds is 11. The minimum Gasteiger partial charge on any atom is -0.342 e. The molecule has 0 saturated carbocycles. The zero-order valence-electron chi connectivity index (χ0n) is 18.4. The SMILES string of the molecule is c1ccc(C(CSCCc2nc3ccccc3[nH]2)CSCCc2nc3ccccc3[nH]2)nc1. The van der Waals surface area contributed by atoms with Crippen LogP contribution in [0.15, 0.2) is 72.9 Å². The standard InChI is InChI=1S/C26H27N5S2/c1-2-9-22-21(8-1)28-25(29-22)12-15-32-17-19(20-7-5-6-14-27-20)18-33-16-13-26-30-23-10-3-4-11-24(23)31-26/h1-11,14,19H,12-13,15-18H2,(H,28,29)(H,30,31). The summed E-state index contributed by atoms with van der Waals surface area (Å²) in [4.78, 5) is 20.9. The Morgan fingerprint density at radius 2 is 1.21 bits per heavy atom. The second-order valence-electron chi connectivity index (χ2n) is 8.00. The first-order valence-electron chi connectivity index (χ1n) is 11.3. The Kier molecular flexibility index (Phi) is 7.28. The van der Waals surface area contributed by atoms with Gasteiger partial charge in [-0.05, 0) is 36.4 Å². The largest absolute Gasteiger partial charge is 0.342 e. The van der Waals surface area contributed by atoms with Crippen molar-refractivity contribution in [2.24, 2.45) is 0 Å². The van der Waals surface area contributed by atoms with Crippen LogP contribution in [0.25, 0.3) is 22.1 Å². The van der Waals surface area contributed by atoms with E-state index in [1.54, 1.807) is 0 Å². The molecule has 0 aliphatic heterocycles. The normalized spacial score (nSPS) is 11.7. The Bertz CT molecular complexity index is 1150. The molecule has 7 heteroatoms. The highest BCUT2D eigenvalue weighted by atomic mass is 32.2. The molecule has 33 heavy (non-hydrogen) atoms. The number of nitrogens with one attached hydrogen (secondary N) is 2. The molecule has 3 heterocycles. The van der Waals surface area contributed by atoms with Gasteiger partial charge in [-0.1, -0.05) is 30.3 Å². The van der Waals surface area contributed by atoms with Gasteiger partial charge in [0.2, 0.25) is 0 Å². The lowest BCUT2D eigenvalue weighted by Gasteiger charge is -2.15. The van der Waals surface area contributed by atoms with Crippen LogP contribution in [-0.4, -0.2) is 47.9 Å². The lowest BCUT2D eigenvalue weighted by molar-refractivity contribution is 0.844. The molecule has 5 nitrogen and oxygen atoms in total. The van der Waals surface area contributed by atoms with Crippen molar-refractivity contribution in [3.63, 3.8) is 0 Å². The van der Waals surface area contributed by atoms with Crippen LogP contribution in [0, 0.1) is 0 Å². The first kappa shape index (κ1) is 22.0. The van der Waals surface area contributed by atoms with Gasteiger partial charge in [-0.3, -0.25) is 4.98 Å². The summed E-state index contributed by atoms with van der Waals surface area (Å²) in [6, 6.07) is 22.7. The van der Waals surface area contributed by atoms with Crippen LogP contribution in [0.2, 0.25) is 0 Å². The molecule has 0 bridgehead atoms. The van der Waals surface area contributed by atoms with Crippen LogP contribution >= 0.6 is 23.5 Å². The maximum atomic E-state index is 4.70. The van der Waals surface area contributed by atoms with Gasteiger partial charge in [0, 0.05) is 53.7 Å². The minimum atomic E-state index is 0.438. The fourth-order valence-corrected chi connectivity index (χ4v) is 6.18. The molecule has 0 fully saturated rings. The van der Waals surface area contributed by atoms with E-state index in [-0.39, 0.29) is 0 Å². The Morgan fingerprint density at radius 3 is 1.73 bits per heavy atom. The van der Waals surface area contributed by atoms with Crippen molar-refractivity contribution in [3.05, 3.63) is 90.3 Å². The van der Waals surface area contributed by atoms with Gasteiger partial charge in [0.05, 0.1) is 22.1 Å². The van der Waals surface area contributed by atoms with E-state index in [0.717, 1.165) is 69.6 Å². The predicted molar refractivity (Wildman–Crippen MR) is 141 cm³/mol. The monoisotopic (exact) mass is 473 g/mol. The van der Waals surface area contributed by atoms with E-state index in [2.05, 4.69) is 51.4 Å². The van der Waals surface area contributed by atoms with Crippen molar-refractivity contribution in [1.82, 2.24) is 24.9 Å². The molecule has 2 N–H and O–H groups in total. The quantitative estimate of drug-likeness (QED) is 0.235. The van der Waals surface area contributed by atoms with Crippen LogP contribution < -0.4 is 0 Å². The number of hydrogen-bond donors (Lipinski definition) is 2. The molecule has 0 aliphatic rings. The molecule has 0 radical (unpaired) electrons. The smallest absolute Gasteiger partial charge is 0.108 e. The van der Waals surface area contributed by atoms with E-state index in [9.17, 15) is 0 Å². The molecular weight excluding hydrogens is 446 g/mol. The molecule has 0 amide bonds.